The van der Waals surface area contributed by atoms with Crippen LogP contribution in [0.4, 0.5) is 0 Å². The molecule has 3 aromatic heterocycles. The van der Waals surface area contributed by atoms with Gasteiger partial charge in [-0.25, -0.2) is 19.9 Å². The average molecular weight is 271 g/mol. The molecule has 0 bridgehead atoms. The molecule has 0 aliphatic rings. The van der Waals surface area contributed by atoms with Crippen LogP contribution in [0.25, 0.3) is 11.2 Å². The van der Waals surface area contributed by atoms with Crippen LogP contribution in [0.3, 0.4) is 0 Å². The molecule has 6 nitrogen and oxygen atoms in total. The van der Waals surface area contributed by atoms with E-state index in [1.165, 1.54) is 25.0 Å². The predicted octanol–water partition coefficient (Wildman–Crippen LogP) is 2.10. The summed E-state index contributed by atoms with van der Waals surface area (Å²) >= 11 is 1.40. The largest absolute Gasteiger partial charge is 0.341 e. The molecule has 0 saturated carbocycles. The summed E-state index contributed by atoms with van der Waals surface area (Å²) < 4.78 is 0. The summed E-state index contributed by atoms with van der Waals surface area (Å²) in [6, 6.07) is 3.55. The van der Waals surface area contributed by atoms with Crippen molar-refractivity contribution in [3.63, 3.8) is 0 Å². The van der Waals surface area contributed by atoms with E-state index < -0.39 is 0 Å². The average Bonchev–Trinajstić information content (AvgIpc) is 2.89. The first kappa shape index (κ1) is 11.8. The van der Waals surface area contributed by atoms with E-state index in [4.69, 9.17) is 0 Å². The van der Waals surface area contributed by atoms with Crippen molar-refractivity contribution in [1.29, 1.82) is 0 Å². The van der Waals surface area contributed by atoms with Gasteiger partial charge < -0.3 is 4.98 Å². The lowest BCUT2D eigenvalue weighted by Crippen LogP contribution is -1.93. The number of rotatable bonds is 3. The van der Waals surface area contributed by atoms with Crippen molar-refractivity contribution < 1.29 is 4.79 Å². The Kier molecular flexibility index (Phi) is 2.96. The third kappa shape index (κ3) is 2.32. The first-order valence-electron chi connectivity index (χ1n) is 5.53. The van der Waals surface area contributed by atoms with Crippen LogP contribution < -0.4 is 0 Å². The minimum atomic E-state index is 0.00189. The molecule has 0 aliphatic heterocycles. The van der Waals surface area contributed by atoms with Crippen molar-refractivity contribution in [2.24, 2.45) is 0 Å². The summed E-state index contributed by atoms with van der Waals surface area (Å²) in [4.78, 5) is 30.7. The lowest BCUT2D eigenvalue weighted by atomic mass is 10.2. The number of nitrogens with zero attached hydrogens (tertiary/aromatic N) is 4. The van der Waals surface area contributed by atoms with Gasteiger partial charge in [-0.15, -0.1) is 0 Å². The van der Waals surface area contributed by atoms with Crippen molar-refractivity contribution in [2.75, 3.05) is 0 Å². The number of fused-ring (bicyclic) bond motifs is 1. The van der Waals surface area contributed by atoms with Crippen LogP contribution in [-0.2, 0) is 0 Å². The molecule has 1 N–H and O–H groups in total. The van der Waals surface area contributed by atoms with E-state index in [0.717, 1.165) is 15.6 Å². The summed E-state index contributed by atoms with van der Waals surface area (Å²) in [7, 11) is 0. The Labute approximate surface area is 112 Å². The maximum atomic E-state index is 11.2. The minimum absolute atomic E-state index is 0.00189. The fraction of sp³-hybridized carbons (Fsp3) is 0.0833. The van der Waals surface area contributed by atoms with Gasteiger partial charge in [0.25, 0.3) is 0 Å². The number of Topliss-reactive ketones (excluding diaryl/α,β-unsaturated/α-hetero) is 1. The topological polar surface area (TPSA) is 84.4 Å². The second-order valence-corrected chi connectivity index (χ2v) is 4.83. The molecule has 0 radical (unpaired) electrons. The van der Waals surface area contributed by atoms with E-state index in [2.05, 4.69) is 24.9 Å². The maximum absolute atomic E-state index is 11.2. The number of hydrogen-bond donors (Lipinski definition) is 1. The van der Waals surface area contributed by atoms with E-state index in [-0.39, 0.29) is 5.78 Å². The highest BCUT2D eigenvalue weighted by Crippen LogP contribution is 2.28. The monoisotopic (exact) mass is 271 g/mol. The molecule has 0 unspecified atom stereocenters. The number of carbonyl (C=O) groups is 1. The van der Waals surface area contributed by atoms with E-state index in [1.807, 2.05) is 0 Å². The summed E-state index contributed by atoms with van der Waals surface area (Å²) in [5, 5.41) is 1.52. The Hall–Kier alpha value is -2.28. The first-order valence-corrected chi connectivity index (χ1v) is 6.34. The predicted molar refractivity (Wildman–Crippen MR) is 70.0 cm³/mol. The number of aromatic amines is 1. The van der Waals surface area contributed by atoms with Crippen molar-refractivity contribution in [2.45, 2.75) is 17.0 Å². The molecule has 0 saturated heterocycles. The maximum Gasteiger partial charge on any atom is 0.181 e. The van der Waals surface area contributed by atoms with E-state index >= 15 is 0 Å². The lowest BCUT2D eigenvalue weighted by molar-refractivity contribution is 0.101. The number of hydrogen-bond acceptors (Lipinski definition) is 6. The molecule has 0 aliphatic carbocycles. The molecule has 0 fully saturated rings. The minimum Gasteiger partial charge on any atom is -0.341 e. The smallest absolute Gasteiger partial charge is 0.181 e. The molecule has 0 spiro atoms. The van der Waals surface area contributed by atoms with E-state index in [0.29, 0.717) is 11.2 Å². The molecule has 7 heteroatoms. The zero-order valence-electron chi connectivity index (χ0n) is 9.99. The molecule has 0 atom stereocenters. The van der Waals surface area contributed by atoms with Crippen LogP contribution in [0.5, 0.6) is 0 Å². The fourth-order valence-electron chi connectivity index (χ4n) is 1.57. The van der Waals surface area contributed by atoms with Crippen LogP contribution in [0.1, 0.15) is 17.3 Å². The third-order valence-corrected chi connectivity index (χ3v) is 3.49. The molecule has 0 aromatic carbocycles. The highest BCUT2D eigenvalue weighted by Gasteiger charge is 2.08. The Balaban J connectivity index is 1.92. The fourth-order valence-corrected chi connectivity index (χ4v) is 2.36. The lowest BCUT2D eigenvalue weighted by Gasteiger charge is -2.01. The van der Waals surface area contributed by atoms with E-state index in [1.54, 1.807) is 24.7 Å². The quantitative estimate of drug-likeness (QED) is 0.580. The van der Waals surface area contributed by atoms with Gasteiger partial charge in [-0.2, -0.15) is 0 Å². The summed E-state index contributed by atoms with van der Waals surface area (Å²) in [5.74, 6) is 0.00189. The molecule has 3 heterocycles. The molecule has 3 aromatic rings. The highest BCUT2D eigenvalue weighted by molar-refractivity contribution is 7.99. The van der Waals surface area contributed by atoms with Crippen molar-refractivity contribution in [3.05, 3.63) is 36.5 Å². The SMILES string of the molecule is CC(=O)c1ccc(Sc2ncnc3nc[nH]c23)nc1. The van der Waals surface area contributed by atoms with Crippen molar-refractivity contribution in [3.8, 4) is 0 Å². The van der Waals surface area contributed by atoms with Gasteiger partial charge in [0.1, 0.15) is 21.9 Å². The third-order valence-electron chi connectivity index (χ3n) is 2.53. The zero-order valence-corrected chi connectivity index (χ0v) is 10.8. The van der Waals surface area contributed by atoms with Gasteiger partial charge in [0.05, 0.1) is 6.33 Å². The van der Waals surface area contributed by atoms with Crippen LogP contribution in [0.2, 0.25) is 0 Å². The van der Waals surface area contributed by atoms with Crippen molar-refractivity contribution in [1.82, 2.24) is 24.9 Å². The van der Waals surface area contributed by atoms with Crippen LogP contribution in [0, 0.1) is 0 Å². The van der Waals surface area contributed by atoms with Crippen LogP contribution in [0.15, 0.2) is 41.0 Å². The van der Waals surface area contributed by atoms with Gasteiger partial charge in [0.15, 0.2) is 11.4 Å². The van der Waals surface area contributed by atoms with Gasteiger partial charge >= 0.3 is 0 Å². The molecular formula is C12H9N5OS. The summed E-state index contributed by atoms with van der Waals surface area (Å²) in [6.07, 6.45) is 4.61. The number of carbonyl (C=O) groups excluding carboxylic acids is 1. The Morgan fingerprint density at radius 3 is 2.84 bits per heavy atom. The number of pyridine rings is 1. The number of imidazole rings is 1. The van der Waals surface area contributed by atoms with Crippen LogP contribution >= 0.6 is 11.8 Å². The molecule has 94 valence electrons. The van der Waals surface area contributed by atoms with Gasteiger partial charge in [0.2, 0.25) is 0 Å². The van der Waals surface area contributed by atoms with Gasteiger partial charge in [-0.1, -0.05) is 0 Å². The first-order chi connectivity index (χ1) is 9.24. The summed E-state index contributed by atoms with van der Waals surface area (Å²) in [5.41, 5.74) is 2.00. The summed E-state index contributed by atoms with van der Waals surface area (Å²) in [6.45, 7) is 1.52. The van der Waals surface area contributed by atoms with Gasteiger partial charge in [0, 0.05) is 11.8 Å². The molecular weight excluding hydrogens is 262 g/mol. The standard InChI is InChI=1S/C12H9N5OS/c1-7(18)8-2-3-9(13-4-8)19-12-10-11(15-5-14-10)16-6-17-12/h2-6H,1H3,(H,14,15,16,17). The van der Waals surface area contributed by atoms with Gasteiger partial charge in [-0.3, -0.25) is 4.79 Å². The van der Waals surface area contributed by atoms with Gasteiger partial charge in [-0.05, 0) is 30.8 Å². The molecule has 19 heavy (non-hydrogen) atoms. The van der Waals surface area contributed by atoms with Crippen molar-refractivity contribution >= 4 is 28.7 Å². The number of nitrogens with one attached hydrogen (secondary N) is 1. The molecule has 3 rings (SSSR count). The normalized spacial score (nSPS) is 10.8. The number of ketones is 1. The van der Waals surface area contributed by atoms with E-state index in [9.17, 15) is 4.79 Å². The second-order valence-electron chi connectivity index (χ2n) is 3.82. The number of aromatic nitrogens is 5. The second kappa shape index (κ2) is 4.77. The molecule has 0 amide bonds. The number of H-pyrrole nitrogens is 1. The Bertz CT molecular complexity index is 737. The zero-order chi connectivity index (χ0) is 13.2. The van der Waals surface area contributed by atoms with Crippen LogP contribution in [-0.4, -0.2) is 30.7 Å². The Morgan fingerprint density at radius 1 is 1.21 bits per heavy atom. The Morgan fingerprint density at radius 2 is 2.11 bits per heavy atom. The highest BCUT2D eigenvalue weighted by atomic mass is 32.2.